The zero-order chi connectivity index (χ0) is 22.7. The maximum atomic E-state index is 13.6. The van der Waals surface area contributed by atoms with Gasteiger partial charge in [0.05, 0.1) is 22.2 Å². The molecule has 4 aromatic rings. The van der Waals surface area contributed by atoms with Gasteiger partial charge in [-0.15, -0.1) is 0 Å². The lowest BCUT2D eigenvalue weighted by Crippen LogP contribution is -2.08. The Morgan fingerprint density at radius 3 is 2.16 bits per heavy atom. The van der Waals surface area contributed by atoms with Crippen LogP contribution in [0.4, 0.5) is 0 Å². The van der Waals surface area contributed by atoms with Gasteiger partial charge in [-0.1, -0.05) is 48.0 Å². The predicted molar refractivity (Wildman–Crippen MR) is 122 cm³/mol. The van der Waals surface area contributed by atoms with E-state index in [0.29, 0.717) is 22.6 Å². The van der Waals surface area contributed by atoms with Crippen LogP contribution in [-0.4, -0.2) is 13.4 Å². The molecule has 0 aliphatic rings. The number of pyridine rings is 1. The smallest absolute Gasteiger partial charge is 0.239 e. The lowest BCUT2D eigenvalue weighted by Gasteiger charge is -2.15. The molecule has 1 aromatic heterocycles. The molecule has 32 heavy (non-hydrogen) atoms. The van der Waals surface area contributed by atoms with Gasteiger partial charge in [-0.05, 0) is 61.9 Å². The van der Waals surface area contributed by atoms with E-state index in [4.69, 9.17) is 10.00 Å². The molecule has 5 nitrogen and oxygen atoms in total. The van der Waals surface area contributed by atoms with Crippen LogP contribution in [0.1, 0.15) is 16.7 Å². The lowest BCUT2D eigenvalue weighted by atomic mass is 10.1. The zero-order valence-electron chi connectivity index (χ0n) is 17.6. The minimum Gasteiger partial charge on any atom is -0.438 e. The van der Waals surface area contributed by atoms with Crippen molar-refractivity contribution in [3.63, 3.8) is 0 Å². The quantitative estimate of drug-likeness (QED) is 0.388. The van der Waals surface area contributed by atoms with Gasteiger partial charge in [-0.25, -0.2) is 13.4 Å². The number of benzene rings is 3. The van der Waals surface area contributed by atoms with Crippen LogP contribution in [0.3, 0.4) is 0 Å². The molecule has 0 atom stereocenters. The molecule has 0 aliphatic carbocycles. The largest absolute Gasteiger partial charge is 0.438 e. The molecule has 0 aliphatic heterocycles. The van der Waals surface area contributed by atoms with Crippen LogP contribution in [-0.2, 0) is 9.84 Å². The maximum absolute atomic E-state index is 13.6. The number of sulfone groups is 1. The number of nitriles is 1. The molecule has 0 saturated carbocycles. The van der Waals surface area contributed by atoms with Crippen LogP contribution in [0.25, 0.3) is 11.3 Å². The summed E-state index contributed by atoms with van der Waals surface area (Å²) >= 11 is 0. The van der Waals surface area contributed by atoms with Crippen molar-refractivity contribution in [2.75, 3.05) is 0 Å². The van der Waals surface area contributed by atoms with Crippen LogP contribution < -0.4 is 4.74 Å². The summed E-state index contributed by atoms with van der Waals surface area (Å²) in [5.41, 5.74) is 3.43. The summed E-state index contributed by atoms with van der Waals surface area (Å²) in [6.45, 7) is 3.64. The van der Waals surface area contributed by atoms with E-state index in [-0.39, 0.29) is 15.7 Å². The van der Waals surface area contributed by atoms with Crippen molar-refractivity contribution in [3.05, 3.63) is 102 Å². The van der Waals surface area contributed by atoms with Gasteiger partial charge in [0, 0.05) is 5.56 Å². The van der Waals surface area contributed by atoms with Crippen LogP contribution in [0.5, 0.6) is 11.6 Å². The van der Waals surface area contributed by atoms with E-state index in [1.54, 1.807) is 61.5 Å². The zero-order valence-corrected chi connectivity index (χ0v) is 18.4. The van der Waals surface area contributed by atoms with Crippen molar-refractivity contribution in [2.45, 2.75) is 23.6 Å². The first-order valence-corrected chi connectivity index (χ1v) is 11.4. The molecular formula is C26H20N2O3S. The highest BCUT2D eigenvalue weighted by molar-refractivity contribution is 7.91. The van der Waals surface area contributed by atoms with Crippen molar-refractivity contribution < 1.29 is 13.2 Å². The summed E-state index contributed by atoms with van der Waals surface area (Å²) in [5.74, 6) is 0.385. The summed E-state index contributed by atoms with van der Waals surface area (Å²) < 4.78 is 33.1. The topological polar surface area (TPSA) is 80.1 Å². The van der Waals surface area contributed by atoms with Gasteiger partial charge in [0.2, 0.25) is 15.7 Å². The highest BCUT2D eigenvalue weighted by Gasteiger charge is 2.27. The molecule has 6 heteroatoms. The molecule has 3 aromatic carbocycles. The summed E-state index contributed by atoms with van der Waals surface area (Å²) in [7, 11) is -3.89. The Kier molecular flexibility index (Phi) is 5.76. The number of hydrogen-bond acceptors (Lipinski definition) is 5. The average Bonchev–Trinajstić information content (AvgIpc) is 2.80. The second-order valence-electron chi connectivity index (χ2n) is 7.38. The third kappa shape index (κ3) is 4.25. The number of rotatable bonds is 5. The number of hydrogen-bond donors (Lipinski definition) is 0. The second kappa shape index (κ2) is 8.66. The van der Waals surface area contributed by atoms with E-state index in [1.165, 1.54) is 0 Å². The van der Waals surface area contributed by atoms with E-state index >= 15 is 0 Å². The highest BCUT2D eigenvalue weighted by atomic mass is 32.2. The first-order valence-electron chi connectivity index (χ1n) is 9.95. The van der Waals surface area contributed by atoms with Gasteiger partial charge >= 0.3 is 0 Å². The van der Waals surface area contributed by atoms with Crippen molar-refractivity contribution in [1.82, 2.24) is 4.98 Å². The molecule has 0 saturated heterocycles. The molecule has 0 unspecified atom stereocenters. The van der Waals surface area contributed by atoms with Crippen molar-refractivity contribution in [3.8, 4) is 29.0 Å². The molecule has 0 spiro atoms. The Labute approximate surface area is 187 Å². The first-order chi connectivity index (χ1) is 15.4. The lowest BCUT2D eigenvalue weighted by molar-refractivity contribution is 0.446. The predicted octanol–water partition coefficient (Wildman–Crippen LogP) is 5.86. The van der Waals surface area contributed by atoms with E-state index in [0.717, 1.165) is 11.1 Å². The Hall–Kier alpha value is -3.95. The van der Waals surface area contributed by atoms with Crippen LogP contribution in [0.15, 0.2) is 94.7 Å². The standard InChI is InChI=1S/C26H20N2O3S/c1-18-8-14-23(15-9-18)32(29,30)25-19(2)16-24(21-6-4-3-5-7-21)28-26(25)31-22-12-10-20(17-27)11-13-22/h3-16H,1-2H3. The van der Waals surface area contributed by atoms with E-state index in [9.17, 15) is 8.42 Å². The van der Waals surface area contributed by atoms with Crippen molar-refractivity contribution >= 4 is 9.84 Å². The minimum atomic E-state index is -3.89. The molecule has 158 valence electrons. The number of ether oxygens (including phenoxy) is 1. The van der Waals surface area contributed by atoms with Gasteiger partial charge < -0.3 is 4.74 Å². The fourth-order valence-electron chi connectivity index (χ4n) is 3.33. The Morgan fingerprint density at radius 2 is 1.53 bits per heavy atom. The minimum absolute atomic E-state index is 0.00543. The molecule has 0 fully saturated rings. The highest BCUT2D eigenvalue weighted by Crippen LogP contribution is 2.36. The molecule has 1 heterocycles. The summed E-state index contributed by atoms with van der Waals surface area (Å²) in [5, 5.41) is 9.03. The van der Waals surface area contributed by atoms with Crippen LogP contribution in [0, 0.1) is 25.2 Å². The Morgan fingerprint density at radius 1 is 0.875 bits per heavy atom. The first kappa shape index (κ1) is 21.3. The number of nitrogens with zero attached hydrogens (tertiary/aromatic N) is 2. The number of aromatic nitrogens is 1. The summed E-state index contributed by atoms with van der Waals surface area (Å²) in [4.78, 5) is 4.77. The van der Waals surface area contributed by atoms with Crippen molar-refractivity contribution in [1.29, 1.82) is 5.26 Å². The van der Waals surface area contributed by atoms with Crippen LogP contribution in [0.2, 0.25) is 0 Å². The fourth-order valence-corrected chi connectivity index (χ4v) is 4.86. The average molecular weight is 441 g/mol. The normalized spacial score (nSPS) is 11.0. The number of aryl methyl sites for hydroxylation is 2. The van der Waals surface area contributed by atoms with Crippen LogP contribution >= 0.6 is 0 Å². The molecule has 0 bridgehead atoms. The van der Waals surface area contributed by atoms with E-state index < -0.39 is 9.84 Å². The van der Waals surface area contributed by atoms with Gasteiger partial charge in [0.25, 0.3) is 0 Å². The van der Waals surface area contributed by atoms with E-state index in [1.807, 2.05) is 37.3 Å². The fraction of sp³-hybridized carbons (Fsp3) is 0.0769. The summed E-state index contributed by atoms with van der Waals surface area (Å²) in [6.07, 6.45) is 0. The third-order valence-electron chi connectivity index (χ3n) is 5.00. The SMILES string of the molecule is Cc1ccc(S(=O)(=O)c2c(C)cc(-c3ccccc3)nc2Oc2ccc(C#N)cc2)cc1. The Bertz CT molecular complexity index is 1410. The molecule has 0 N–H and O–H groups in total. The molecule has 0 amide bonds. The second-order valence-corrected chi connectivity index (χ2v) is 9.27. The van der Waals surface area contributed by atoms with Gasteiger partial charge in [0.15, 0.2) is 0 Å². The van der Waals surface area contributed by atoms with Crippen molar-refractivity contribution in [2.24, 2.45) is 0 Å². The Balaban J connectivity index is 1.89. The van der Waals surface area contributed by atoms with E-state index in [2.05, 4.69) is 11.1 Å². The molecule has 4 rings (SSSR count). The maximum Gasteiger partial charge on any atom is 0.239 e. The monoisotopic (exact) mass is 440 g/mol. The van der Waals surface area contributed by atoms with Gasteiger partial charge in [0.1, 0.15) is 10.6 Å². The molecule has 0 radical (unpaired) electrons. The van der Waals surface area contributed by atoms with Gasteiger partial charge in [-0.3, -0.25) is 0 Å². The summed E-state index contributed by atoms with van der Waals surface area (Å²) in [6, 6.07) is 26.4. The molecular weight excluding hydrogens is 420 g/mol. The van der Waals surface area contributed by atoms with Gasteiger partial charge in [-0.2, -0.15) is 5.26 Å². The third-order valence-corrected chi connectivity index (χ3v) is 6.92.